The largest absolute Gasteiger partial charge is 0.497 e. The number of carbonyl (C=O) groups excluding carboxylic acids is 2. The second-order valence-electron chi connectivity index (χ2n) is 7.71. The molecule has 3 aromatic rings. The van der Waals surface area contributed by atoms with Crippen molar-refractivity contribution in [2.75, 3.05) is 49.3 Å². The summed E-state index contributed by atoms with van der Waals surface area (Å²) in [6.07, 6.45) is 0.544. The van der Waals surface area contributed by atoms with Gasteiger partial charge in [-0.1, -0.05) is 24.8 Å². The minimum atomic E-state index is -0.162. The van der Waals surface area contributed by atoms with E-state index in [1.165, 1.54) is 11.8 Å². The zero-order valence-corrected chi connectivity index (χ0v) is 20.0. The predicted molar refractivity (Wildman–Crippen MR) is 131 cm³/mol. The van der Waals surface area contributed by atoms with Gasteiger partial charge >= 0.3 is 0 Å². The highest BCUT2D eigenvalue weighted by atomic mass is 32.2. The van der Waals surface area contributed by atoms with Crippen molar-refractivity contribution in [1.82, 2.24) is 15.1 Å². The van der Waals surface area contributed by atoms with Crippen molar-refractivity contribution in [3.05, 3.63) is 48.5 Å². The minimum Gasteiger partial charge on any atom is -0.497 e. The van der Waals surface area contributed by atoms with E-state index < -0.39 is 0 Å². The lowest BCUT2D eigenvalue weighted by atomic mass is 10.2. The second kappa shape index (κ2) is 11.1. The number of benzene rings is 2. The number of carbonyl (C=O) groups is 2. The molecule has 0 atom stereocenters. The van der Waals surface area contributed by atoms with E-state index in [0.29, 0.717) is 23.3 Å². The molecule has 2 amide bonds. The number of nitrogens with one attached hydrogen (secondary N) is 1. The van der Waals surface area contributed by atoms with Crippen LogP contribution in [0.5, 0.6) is 5.75 Å². The number of ether oxygens (including phenoxy) is 1. The van der Waals surface area contributed by atoms with Gasteiger partial charge in [-0.05, 0) is 42.5 Å². The van der Waals surface area contributed by atoms with Gasteiger partial charge in [0.1, 0.15) is 5.75 Å². The maximum absolute atomic E-state index is 12.4. The molecular weight excluding hydrogens is 454 g/mol. The van der Waals surface area contributed by atoms with Crippen molar-refractivity contribution in [2.45, 2.75) is 18.6 Å². The number of amides is 2. The third-order valence-corrected chi connectivity index (χ3v) is 6.32. The zero-order chi connectivity index (χ0) is 23.9. The first-order valence-electron chi connectivity index (χ1n) is 11.1. The summed E-state index contributed by atoms with van der Waals surface area (Å²) < 4.78 is 10.9. The van der Waals surface area contributed by atoms with Gasteiger partial charge in [0.15, 0.2) is 0 Å². The third kappa shape index (κ3) is 5.88. The molecule has 1 saturated heterocycles. The average Bonchev–Trinajstić information content (AvgIpc) is 3.37. The second-order valence-corrected chi connectivity index (χ2v) is 8.64. The molecule has 10 heteroatoms. The first-order chi connectivity index (χ1) is 16.6. The van der Waals surface area contributed by atoms with Crippen LogP contribution in [0, 0.1) is 0 Å². The topological polar surface area (TPSA) is 101 Å². The van der Waals surface area contributed by atoms with Gasteiger partial charge in [0.25, 0.3) is 5.22 Å². The van der Waals surface area contributed by atoms with Crippen molar-refractivity contribution in [1.29, 1.82) is 0 Å². The molecule has 0 spiro atoms. The van der Waals surface area contributed by atoms with Gasteiger partial charge in [0, 0.05) is 49.5 Å². The highest BCUT2D eigenvalue weighted by molar-refractivity contribution is 7.99. The Labute approximate surface area is 202 Å². The summed E-state index contributed by atoms with van der Waals surface area (Å²) >= 11 is 1.18. The SMILES string of the molecule is CCC(=O)N1CCN(c2ccc(NC(=O)CSc3nnc(-c4cccc(OC)c4)o3)cc2)CC1. The van der Waals surface area contributed by atoms with Gasteiger partial charge in [-0.25, -0.2) is 0 Å². The Kier molecular flexibility index (Phi) is 7.69. The predicted octanol–water partition coefficient (Wildman–Crippen LogP) is 3.53. The number of thioether (sulfide) groups is 1. The van der Waals surface area contributed by atoms with Crippen LogP contribution < -0.4 is 15.0 Å². The Hall–Kier alpha value is -3.53. The highest BCUT2D eigenvalue weighted by Crippen LogP contribution is 2.26. The smallest absolute Gasteiger partial charge is 0.277 e. The van der Waals surface area contributed by atoms with Crippen LogP contribution in [0.1, 0.15) is 13.3 Å². The molecule has 178 valence electrons. The number of hydrogen-bond donors (Lipinski definition) is 1. The Morgan fingerprint density at radius 2 is 1.85 bits per heavy atom. The van der Waals surface area contributed by atoms with Crippen LogP contribution in [0.15, 0.2) is 58.2 Å². The van der Waals surface area contributed by atoms with Crippen LogP contribution in [0.2, 0.25) is 0 Å². The first kappa shape index (κ1) is 23.6. The molecule has 1 aliphatic rings. The number of nitrogens with zero attached hydrogens (tertiary/aromatic N) is 4. The third-order valence-electron chi connectivity index (χ3n) is 5.50. The molecule has 2 heterocycles. The molecule has 0 aliphatic carbocycles. The van der Waals surface area contributed by atoms with Crippen LogP contribution >= 0.6 is 11.8 Å². The molecule has 2 aromatic carbocycles. The zero-order valence-electron chi connectivity index (χ0n) is 19.2. The molecule has 0 saturated carbocycles. The molecule has 1 aliphatic heterocycles. The van der Waals surface area contributed by atoms with E-state index in [9.17, 15) is 9.59 Å². The maximum Gasteiger partial charge on any atom is 0.277 e. The number of anilines is 2. The van der Waals surface area contributed by atoms with Crippen LogP contribution in [-0.4, -0.2) is 66.0 Å². The van der Waals surface area contributed by atoms with Crippen LogP contribution in [0.3, 0.4) is 0 Å². The summed E-state index contributed by atoms with van der Waals surface area (Å²) in [5, 5.41) is 11.3. The highest BCUT2D eigenvalue weighted by Gasteiger charge is 2.20. The lowest BCUT2D eigenvalue weighted by Gasteiger charge is -2.36. The molecule has 1 aromatic heterocycles. The first-order valence-corrected chi connectivity index (χ1v) is 12.1. The number of rotatable bonds is 8. The Balaban J connectivity index is 1.25. The standard InChI is InChI=1S/C24H27N5O4S/c1-3-22(31)29-13-11-28(12-14-29)19-9-7-18(8-10-19)25-21(30)16-34-24-27-26-23(33-24)17-5-4-6-20(15-17)32-2/h4-10,15H,3,11-14,16H2,1-2H3,(H,25,30). The summed E-state index contributed by atoms with van der Waals surface area (Å²) in [5.74, 6) is 1.26. The van der Waals surface area contributed by atoms with E-state index in [4.69, 9.17) is 9.15 Å². The van der Waals surface area contributed by atoms with E-state index in [0.717, 1.165) is 43.1 Å². The van der Waals surface area contributed by atoms with Gasteiger partial charge in [-0.3, -0.25) is 9.59 Å². The molecule has 34 heavy (non-hydrogen) atoms. The number of methoxy groups -OCH3 is 1. The Bertz CT molecular complexity index is 1130. The maximum atomic E-state index is 12.4. The van der Waals surface area contributed by atoms with Crippen molar-refractivity contribution >= 4 is 35.0 Å². The lowest BCUT2D eigenvalue weighted by Crippen LogP contribution is -2.48. The summed E-state index contributed by atoms with van der Waals surface area (Å²) in [5.41, 5.74) is 2.55. The van der Waals surface area contributed by atoms with E-state index in [1.807, 2.05) is 60.4 Å². The fourth-order valence-corrected chi connectivity index (χ4v) is 4.22. The number of aromatic nitrogens is 2. The van der Waals surface area contributed by atoms with Gasteiger partial charge in [0.2, 0.25) is 17.7 Å². The van der Waals surface area contributed by atoms with Crippen molar-refractivity contribution in [2.24, 2.45) is 0 Å². The molecule has 4 rings (SSSR count). The van der Waals surface area contributed by atoms with Gasteiger partial charge in [0.05, 0.1) is 12.9 Å². The van der Waals surface area contributed by atoms with Gasteiger partial charge in [-0.2, -0.15) is 0 Å². The van der Waals surface area contributed by atoms with E-state index in [-0.39, 0.29) is 17.6 Å². The monoisotopic (exact) mass is 481 g/mol. The Morgan fingerprint density at radius 1 is 1.09 bits per heavy atom. The molecule has 0 bridgehead atoms. The van der Waals surface area contributed by atoms with Gasteiger partial charge in [-0.15, -0.1) is 10.2 Å². The summed E-state index contributed by atoms with van der Waals surface area (Å²) in [6.45, 7) is 4.96. The lowest BCUT2D eigenvalue weighted by molar-refractivity contribution is -0.131. The molecular formula is C24H27N5O4S. The summed E-state index contributed by atoms with van der Waals surface area (Å²) in [6, 6.07) is 15.1. The molecule has 0 unspecified atom stereocenters. The minimum absolute atomic E-state index is 0.148. The number of piperazine rings is 1. The number of hydrogen-bond acceptors (Lipinski definition) is 8. The van der Waals surface area contributed by atoms with E-state index >= 15 is 0 Å². The molecule has 1 fully saturated rings. The van der Waals surface area contributed by atoms with Crippen molar-refractivity contribution in [3.63, 3.8) is 0 Å². The van der Waals surface area contributed by atoms with Crippen molar-refractivity contribution in [3.8, 4) is 17.2 Å². The molecule has 9 nitrogen and oxygen atoms in total. The van der Waals surface area contributed by atoms with E-state index in [2.05, 4.69) is 20.4 Å². The molecule has 0 radical (unpaired) electrons. The Morgan fingerprint density at radius 3 is 2.56 bits per heavy atom. The van der Waals surface area contributed by atoms with E-state index in [1.54, 1.807) is 7.11 Å². The van der Waals surface area contributed by atoms with Gasteiger partial charge < -0.3 is 24.3 Å². The van der Waals surface area contributed by atoms with Crippen LogP contribution in [0.4, 0.5) is 11.4 Å². The summed E-state index contributed by atoms with van der Waals surface area (Å²) in [4.78, 5) is 28.4. The fraction of sp³-hybridized carbons (Fsp3) is 0.333. The van der Waals surface area contributed by atoms with Crippen LogP contribution in [0.25, 0.3) is 11.5 Å². The summed E-state index contributed by atoms with van der Waals surface area (Å²) in [7, 11) is 1.60. The van der Waals surface area contributed by atoms with Crippen molar-refractivity contribution < 1.29 is 18.7 Å². The fourth-order valence-electron chi connectivity index (χ4n) is 3.66. The average molecular weight is 482 g/mol. The van der Waals surface area contributed by atoms with Crippen LogP contribution in [-0.2, 0) is 9.59 Å². The normalized spacial score (nSPS) is 13.6. The quantitative estimate of drug-likeness (QED) is 0.488. The molecule has 1 N–H and O–H groups in total.